The molecule has 2 heterocycles. The van der Waals surface area contributed by atoms with E-state index in [1.165, 1.54) is 0 Å². The zero-order valence-corrected chi connectivity index (χ0v) is 8.74. The number of nitrogens with one attached hydrogen (secondary N) is 1. The summed E-state index contributed by atoms with van der Waals surface area (Å²) < 4.78 is 4.07. The first kappa shape index (κ1) is 9.03. The SMILES string of the molecule is c1ccc(NCn2ccc3nccn32)cc1. The molecular formula is C12H12N4. The minimum absolute atomic E-state index is 0.726. The lowest BCUT2D eigenvalue weighted by atomic mass is 10.3. The van der Waals surface area contributed by atoms with Crippen molar-refractivity contribution in [3.63, 3.8) is 0 Å². The third kappa shape index (κ3) is 1.54. The van der Waals surface area contributed by atoms with Crippen molar-refractivity contribution in [1.29, 1.82) is 0 Å². The molecule has 80 valence electrons. The second-order valence-electron chi connectivity index (χ2n) is 3.59. The Morgan fingerprint density at radius 1 is 1.06 bits per heavy atom. The summed E-state index contributed by atoms with van der Waals surface area (Å²) in [5.74, 6) is 0. The van der Waals surface area contributed by atoms with E-state index in [1.54, 1.807) is 6.20 Å². The second-order valence-corrected chi connectivity index (χ2v) is 3.59. The van der Waals surface area contributed by atoms with Gasteiger partial charge in [0.2, 0.25) is 0 Å². The maximum atomic E-state index is 4.21. The molecule has 3 rings (SSSR count). The molecule has 2 aromatic heterocycles. The molecule has 0 aliphatic rings. The number of rotatable bonds is 3. The van der Waals surface area contributed by atoms with Gasteiger partial charge in [-0.05, 0) is 12.1 Å². The topological polar surface area (TPSA) is 34.3 Å². The Bertz CT molecular complexity index is 579. The van der Waals surface area contributed by atoms with Crippen molar-refractivity contribution < 1.29 is 0 Å². The molecule has 0 unspecified atom stereocenters. The molecule has 0 fully saturated rings. The van der Waals surface area contributed by atoms with Crippen LogP contribution in [-0.2, 0) is 6.67 Å². The Kier molecular flexibility index (Phi) is 2.11. The second kappa shape index (κ2) is 3.73. The van der Waals surface area contributed by atoms with Gasteiger partial charge in [-0.25, -0.2) is 9.50 Å². The molecule has 4 nitrogen and oxygen atoms in total. The summed E-state index contributed by atoms with van der Waals surface area (Å²) in [6, 6.07) is 12.1. The van der Waals surface area contributed by atoms with E-state index in [9.17, 15) is 0 Å². The van der Waals surface area contributed by atoms with Gasteiger partial charge in [-0.1, -0.05) is 18.2 Å². The Balaban J connectivity index is 1.79. The molecule has 16 heavy (non-hydrogen) atoms. The zero-order chi connectivity index (χ0) is 10.8. The summed E-state index contributed by atoms with van der Waals surface area (Å²) >= 11 is 0. The van der Waals surface area contributed by atoms with Gasteiger partial charge in [0, 0.05) is 30.3 Å². The van der Waals surface area contributed by atoms with Crippen molar-refractivity contribution in [3.05, 3.63) is 55.0 Å². The normalized spacial score (nSPS) is 10.8. The van der Waals surface area contributed by atoms with Crippen LogP contribution in [0.1, 0.15) is 0 Å². The largest absolute Gasteiger partial charge is 0.366 e. The van der Waals surface area contributed by atoms with Crippen molar-refractivity contribution in [3.8, 4) is 0 Å². The highest BCUT2D eigenvalue weighted by atomic mass is 15.4. The maximum absolute atomic E-state index is 4.21. The van der Waals surface area contributed by atoms with E-state index in [1.807, 2.05) is 41.2 Å². The van der Waals surface area contributed by atoms with Crippen molar-refractivity contribution in [1.82, 2.24) is 14.2 Å². The molecule has 3 aromatic rings. The Morgan fingerprint density at radius 2 is 1.94 bits per heavy atom. The van der Waals surface area contributed by atoms with Gasteiger partial charge < -0.3 is 5.32 Å². The van der Waals surface area contributed by atoms with E-state index in [0.717, 1.165) is 18.0 Å². The predicted octanol–water partition coefficient (Wildman–Crippen LogP) is 2.21. The van der Waals surface area contributed by atoms with Crippen molar-refractivity contribution in [2.45, 2.75) is 6.67 Å². The molecule has 0 saturated heterocycles. The van der Waals surface area contributed by atoms with E-state index < -0.39 is 0 Å². The number of para-hydroxylation sites is 1. The molecule has 0 atom stereocenters. The minimum Gasteiger partial charge on any atom is -0.366 e. The van der Waals surface area contributed by atoms with Crippen LogP contribution in [0.5, 0.6) is 0 Å². The average molecular weight is 212 g/mol. The molecule has 0 radical (unpaired) electrons. The lowest BCUT2D eigenvalue weighted by Crippen LogP contribution is -2.11. The van der Waals surface area contributed by atoms with Crippen LogP contribution in [0.15, 0.2) is 55.0 Å². The Hall–Kier alpha value is -2.23. The number of aromatic nitrogens is 3. The lowest BCUT2D eigenvalue weighted by Gasteiger charge is -2.08. The fourth-order valence-electron chi connectivity index (χ4n) is 1.73. The van der Waals surface area contributed by atoms with Crippen molar-refractivity contribution in [2.75, 3.05) is 5.32 Å². The zero-order valence-electron chi connectivity index (χ0n) is 8.74. The molecule has 0 bridgehead atoms. The maximum Gasteiger partial charge on any atom is 0.153 e. The lowest BCUT2D eigenvalue weighted by molar-refractivity contribution is 0.627. The minimum atomic E-state index is 0.726. The van der Waals surface area contributed by atoms with Crippen LogP contribution in [0, 0.1) is 0 Å². The van der Waals surface area contributed by atoms with E-state index in [2.05, 4.69) is 27.1 Å². The number of fused-ring (bicyclic) bond motifs is 1. The van der Waals surface area contributed by atoms with E-state index >= 15 is 0 Å². The standard InChI is InChI=1S/C12H12N4/c1-2-4-11(5-3-1)14-10-15-8-6-12-13-7-9-16(12)15/h1-9,14H,10H2. The number of anilines is 1. The Morgan fingerprint density at radius 3 is 2.81 bits per heavy atom. The summed E-state index contributed by atoms with van der Waals surface area (Å²) in [5, 5.41) is 3.34. The smallest absolute Gasteiger partial charge is 0.153 e. The first-order chi connectivity index (χ1) is 7.93. The van der Waals surface area contributed by atoms with E-state index in [-0.39, 0.29) is 0 Å². The molecule has 0 saturated carbocycles. The predicted molar refractivity (Wildman–Crippen MR) is 63.2 cm³/mol. The number of hydrogen-bond acceptors (Lipinski definition) is 2. The summed E-state index contributed by atoms with van der Waals surface area (Å²) in [6.07, 6.45) is 5.76. The van der Waals surface area contributed by atoms with Crippen LogP contribution in [-0.4, -0.2) is 14.2 Å². The molecule has 0 aliphatic heterocycles. The highest BCUT2D eigenvalue weighted by molar-refractivity contribution is 5.42. The highest BCUT2D eigenvalue weighted by Gasteiger charge is 1.98. The van der Waals surface area contributed by atoms with Gasteiger partial charge >= 0.3 is 0 Å². The number of imidazole rings is 1. The van der Waals surface area contributed by atoms with Crippen LogP contribution in [0.4, 0.5) is 5.69 Å². The number of hydrogen-bond donors (Lipinski definition) is 1. The van der Waals surface area contributed by atoms with Crippen LogP contribution in [0.2, 0.25) is 0 Å². The summed E-state index contributed by atoms with van der Waals surface area (Å²) in [4.78, 5) is 4.21. The van der Waals surface area contributed by atoms with Gasteiger partial charge in [0.15, 0.2) is 5.65 Å². The summed E-state index contributed by atoms with van der Waals surface area (Å²) in [5.41, 5.74) is 2.08. The van der Waals surface area contributed by atoms with Gasteiger partial charge in [-0.2, -0.15) is 0 Å². The molecule has 4 heteroatoms. The molecule has 1 N–H and O–H groups in total. The van der Waals surface area contributed by atoms with E-state index in [4.69, 9.17) is 0 Å². The summed E-state index contributed by atoms with van der Waals surface area (Å²) in [6.45, 7) is 0.726. The monoisotopic (exact) mass is 212 g/mol. The summed E-state index contributed by atoms with van der Waals surface area (Å²) in [7, 11) is 0. The average Bonchev–Trinajstić information content (AvgIpc) is 2.90. The van der Waals surface area contributed by atoms with Gasteiger partial charge in [0.1, 0.15) is 6.67 Å². The van der Waals surface area contributed by atoms with Crippen LogP contribution in [0.25, 0.3) is 5.65 Å². The molecule has 0 amide bonds. The number of benzene rings is 1. The van der Waals surface area contributed by atoms with Crippen molar-refractivity contribution in [2.24, 2.45) is 0 Å². The molecule has 1 aromatic carbocycles. The van der Waals surface area contributed by atoms with Gasteiger partial charge in [-0.3, -0.25) is 4.68 Å². The molecular weight excluding hydrogens is 200 g/mol. The number of nitrogens with zero attached hydrogens (tertiary/aromatic N) is 3. The first-order valence-corrected chi connectivity index (χ1v) is 5.21. The Labute approximate surface area is 93.1 Å². The van der Waals surface area contributed by atoms with Gasteiger partial charge in [-0.15, -0.1) is 0 Å². The molecule has 0 aliphatic carbocycles. The third-order valence-electron chi connectivity index (χ3n) is 2.54. The van der Waals surface area contributed by atoms with Gasteiger partial charge in [0.25, 0.3) is 0 Å². The third-order valence-corrected chi connectivity index (χ3v) is 2.54. The van der Waals surface area contributed by atoms with Gasteiger partial charge in [0.05, 0.1) is 0 Å². The fraction of sp³-hybridized carbons (Fsp3) is 0.0833. The van der Waals surface area contributed by atoms with E-state index in [0.29, 0.717) is 0 Å². The first-order valence-electron chi connectivity index (χ1n) is 5.21. The quantitative estimate of drug-likeness (QED) is 0.722. The van der Waals surface area contributed by atoms with Crippen molar-refractivity contribution >= 4 is 11.3 Å². The van der Waals surface area contributed by atoms with Crippen LogP contribution in [0.3, 0.4) is 0 Å². The fourth-order valence-corrected chi connectivity index (χ4v) is 1.73. The molecule has 0 spiro atoms. The van der Waals surface area contributed by atoms with Crippen LogP contribution >= 0.6 is 0 Å². The highest BCUT2D eigenvalue weighted by Crippen LogP contribution is 2.06. The van der Waals surface area contributed by atoms with Crippen LogP contribution < -0.4 is 5.32 Å².